The van der Waals surface area contributed by atoms with Crippen LogP contribution in [0, 0.1) is 0 Å². The number of carbonyl (C=O) groups is 2. The molecule has 474 valence electrons. The van der Waals surface area contributed by atoms with Gasteiger partial charge in [0, 0.05) is 19.4 Å². The van der Waals surface area contributed by atoms with Crippen molar-refractivity contribution in [1.29, 1.82) is 0 Å². The highest BCUT2D eigenvalue weighted by Crippen LogP contribution is 2.43. The molecule has 0 aliphatic heterocycles. The maximum absolute atomic E-state index is 12.8. The van der Waals surface area contributed by atoms with Crippen molar-refractivity contribution in [2.75, 3.05) is 26.4 Å². The van der Waals surface area contributed by atoms with E-state index in [-0.39, 0.29) is 38.6 Å². The predicted molar refractivity (Wildman–Crippen MR) is 349 cm³/mol. The standard InChI is InChI=1S/C71H132NO8P/c1-3-5-7-9-11-13-15-17-19-21-23-25-27-29-31-33-34-36-38-40-42-44-46-48-50-52-54-56-58-60-62-64-71(74)80-69(68-79-81(75,76)78-66-65-72)67-77-70(73)63-61-59-57-55-53-51-49-47-45-43-41-39-37-35-32-30-28-26-24-22-20-18-16-14-12-10-8-6-4-2/h5,7,11,13,17,19,22-25,69H,3-4,6,8-10,12,14-16,18,20-21,26-68,72H2,1-2H3,(H,75,76)/b7-5-,13-11-,19-17-,24-22-,25-23-. The molecule has 0 rings (SSSR count). The molecule has 0 amide bonds. The molecule has 0 saturated heterocycles. The molecule has 10 heteroatoms. The maximum Gasteiger partial charge on any atom is 0.472 e. The number of phosphoric ester groups is 1. The molecule has 0 spiro atoms. The lowest BCUT2D eigenvalue weighted by Crippen LogP contribution is -2.29. The van der Waals surface area contributed by atoms with E-state index >= 15 is 0 Å². The summed E-state index contributed by atoms with van der Waals surface area (Å²) in [5, 5.41) is 0. The largest absolute Gasteiger partial charge is 0.472 e. The minimum absolute atomic E-state index is 0.0544. The summed E-state index contributed by atoms with van der Waals surface area (Å²) < 4.78 is 33.2. The van der Waals surface area contributed by atoms with Crippen molar-refractivity contribution in [3.05, 3.63) is 60.8 Å². The second-order valence-electron chi connectivity index (χ2n) is 23.4. The van der Waals surface area contributed by atoms with Gasteiger partial charge in [-0.1, -0.05) is 319 Å². The number of esters is 2. The fourth-order valence-corrected chi connectivity index (χ4v) is 11.0. The summed E-state index contributed by atoms with van der Waals surface area (Å²) in [7, 11) is -4.39. The van der Waals surface area contributed by atoms with Crippen LogP contribution in [0.5, 0.6) is 0 Å². The van der Waals surface area contributed by atoms with Crippen LogP contribution in [-0.2, 0) is 32.7 Å². The van der Waals surface area contributed by atoms with Gasteiger partial charge in [-0.2, -0.15) is 0 Å². The van der Waals surface area contributed by atoms with Gasteiger partial charge in [0.1, 0.15) is 6.61 Å². The summed E-state index contributed by atoms with van der Waals surface area (Å²) in [5.41, 5.74) is 5.40. The van der Waals surface area contributed by atoms with Crippen LogP contribution in [0.4, 0.5) is 0 Å². The minimum atomic E-state index is -4.39. The van der Waals surface area contributed by atoms with Crippen LogP contribution in [0.2, 0.25) is 0 Å². The van der Waals surface area contributed by atoms with Crippen molar-refractivity contribution >= 4 is 19.8 Å². The van der Waals surface area contributed by atoms with Gasteiger partial charge >= 0.3 is 19.8 Å². The maximum atomic E-state index is 12.8. The lowest BCUT2D eigenvalue weighted by atomic mass is 10.0. The van der Waals surface area contributed by atoms with Gasteiger partial charge in [-0.05, 0) is 77.0 Å². The van der Waals surface area contributed by atoms with E-state index in [1.807, 2.05) is 0 Å². The first kappa shape index (κ1) is 78.7. The first-order valence-corrected chi connectivity index (χ1v) is 36.3. The number of hydrogen-bond acceptors (Lipinski definition) is 8. The van der Waals surface area contributed by atoms with Crippen molar-refractivity contribution < 1.29 is 37.6 Å². The predicted octanol–water partition coefficient (Wildman–Crippen LogP) is 22.6. The number of nitrogens with two attached hydrogens (primary N) is 1. The van der Waals surface area contributed by atoms with Crippen LogP contribution in [0.1, 0.15) is 348 Å². The van der Waals surface area contributed by atoms with E-state index in [1.165, 1.54) is 257 Å². The lowest BCUT2D eigenvalue weighted by Gasteiger charge is -2.19. The molecule has 0 aromatic rings. The van der Waals surface area contributed by atoms with Crippen LogP contribution < -0.4 is 5.73 Å². The molecule has 0 aromatic carbocycles. The van der Waals surface area contributed by atoms with Crippen molar-refractivity contribution in [3.8, 4) is 0 Å². The number of carbonyl (C=O) groups excluding carboxylic acids is 2. The van der Waals surface area contributed by atoms with Gasteiger partial charge < -0.3 is 20.1 Å². The Kier molecular flexibility index (Phi) is 65.0. The number of ether oxygens (including phenoxy) is 2. The Bertz CT molecular complexity index is 1510. The third-order valence-electron chi connectivity index (χ3n) is 15.4. The highest BCUT2D eigenvalue weighted by atomic mass is 31.2. The van der Waals surface area contributed by atoms with Gasteiger partial charge in [0.25, 0.3) is 0 Å². The normalized spacial score (nSPS) is 13.3. The minimum Gasteiger partial charge on any atom is -0.462 e. The van der Waals surface area contributed by atoms with Gasteiger partial charge in [-0.3, -0.25) is 18.6 Å². The highest BCUT2D eigenvalue weighted by molar-refractivity contribution is 7.47. The Hall–Kier alpha value is -2.29. The Balaban J connectivity index is 3.84. The molecule has 0 radical (unpaired) electrons. The van der Waals surface area contributed by atoms with E-state index in [0.29, 0.717) is 6.42 Å². The fourth-order valence-electron chi connectivity index (χ4n) is 10.3. The van der Waals surface area contributed by atoms with Crippen LogP contribution in [-0.4, -0.2) is 49.3 Å². The molecule has 0 aliphatic rings. The number of hydrogen-bond donors (Lipinski definition) is 2. The molecule has 0 saturated carbocycles. The van der Waals surface area contributed by atoms with Gasteiger partial charge in [0.15, 0.2) is 6.10 Å². The highest BCUT2D eigenvalue weighted by Gasteiger charge is 2.26. The van der Waals surface area contributed by atoms with Gasteiger partial charge in [-0.25, -0.2) is 4.57 Å². The topological polar surface area (TPSA) is 134 Å². The third-order valence-corrected chi connectivity index (χ3v) is 16.4. The molecule has 0 bridgehead atoms. The second-order valence-corrected chi connectivity index (χ2v) is 24.8. The zero-order chi connectivity index (χ0) is 58.7. The number of unbranched alkanes of at least 4 members (excludes halogenated alkanes) is 43. The molecular formula is C71H132NO8P. The number of allylic oxidation sites excluding steroid dienone is 10. The Morgan fingerprint density at radius 2 is 0.679 bits per heavy atom. The summed E-state index contributed by atoms with van der Waals surface area (Å²) in [6, 6.07) is 0. The Morgan fingerprint density at radius 1 is 0.383 bits per heavy atom. The average Bonchev–Trinajstić information content (AvgIpc) is 3.46. The second kappa shape index (κ2) is 66.8. The fraction of sp³-hybridized carbons (Fsp3) is 0.831. The zero-order valence-corrected chi connectivity index (χ0v) is 54.2. The number of phosphoric acid groups is 1. The molecule has 2 atom stereocenters. The van der Waals surface area contributed by atoms with Gasteiger partial charge in [-0.15, -0.1) is 0 Å². The van der Waals surface area contributed by atoms with Crippen LogP contribution in [0.25, 0.3) is 0 Å². The molecular weight excluding hydrogens is 1030 g/mol. The Labute approximate surface area is 501 Å². The van der Waals surface area contributed by atoms with Crippen LogP contribution in [0.15, 0.2) is 60.8 Å². The number of rotatable bonds is 66. The summed E-state index contributed by atoms with van der Waals surface area (Å²) >= 11 is 0. The summed E-state index contributed by atoms with van der Waals surface area (Å²) in [6.07, 6.45) is 86.0. The first-order chi connectivity index (χ1) is 39.8. The van der Waals surface area contributed by atoms with E-state index in [9.17, 15) is 19.0 Å². The first-order valence-electron chi connectivity index (χ1n) is 34.8. The monoisotopic (exact) mass is 1160 g/mol. The lowest BCUT2D eigenvalue weighted by molar-refractivity contribution is -0.161. The van der Waals surface area contributed by atoms with Crippen LogP contribution in [0.3, 0.4) is 0 Å². The molecule has 9 nitrogen and oxygen atoms in total. The third kappa shape index (κ3) is 66.7. The van der Waals surface area contributed by atoms with E-state index in [2.05, 4.69) is 74.6 Å². The van der Waals surface area contributed by atoms with Crippen LogP contribution >= 0.6 is 7.82 Å². The molecule has 0 aromatic heterocycles. The van der Waals surface area contributed by atoms with Gasteiger partial charge in [0.2, 0.25) is 0 Å². The van der Waals surface area contributed by atoms with Crippen molar-refractivity contribution in [3.63, 3.8) is 0 Å². The average molecular weight is 1160 g/mol. The SMILES string of the molecule is CC/C=C\C/C=C\C/C=C\C/C=C\CCCCCCCCCCCCCCCCCCCCC(=O)OC(COC(=O)CCCCCCCCCCCCCCCCCCC/C=C\CCCCCCCCCC)COP(=O)(O)OCCN. The van der Waals surface area contributed by atoms with E-state index < -0.39 is 26.5 Å². The van der Waals surface area contributed by atoms with E-state index in [1.54, 1.807) is 0 Å². The Morgan fingerprint density at radius 3 is 1.02 bits per heavy atom. The summed E-state index contributed by atoms with van der Waals surface area (Å²) in [5.74, 6) is -0.809. The quantitative estimate of drug-likeness (QED) is 0.0264. The van der Waals surface area contributed by atoms with Crippen molar-refractivity contribution in [1.82, 2.24) is 0 Å². The molecule has 81 heavy (non-hydrogen) atoms. The van der Waals surface area contributed by atoms with Crippen molar-refractivity contribution in [2.45, 2.75) is 354 Å². The molecule has 0 heterocycles. The molecule has 0 fully saturated rings. The molecule has 3 N–H and O–H groups in total. The molecule has 0 aliphatic carbocycles. The zero-order valence-electron chi connectivity index (χ0n) is 53.3. The van der Waals surface area contributed by atoms with Crippen molar-refractivity contribution in [2.24, 2.45) is 5.73 Å². The van der Waals surface area contributed by atoms with E-state index in [0.717, 1.165) is 57.8 Å². The van der Waals surface area contributed by atoms with E-state index in [4.69, 9.17) is 24.3 Å². The summed E-state index contributed by atoms with van der Waals surface area (Å²) in [4.78, 5) is 35.4. The smallest absolute Gasteiger partial charge is 0.462 e. The molecule has 2 unspecified atom stereocenters. The van der Waals surface area contributed by atoms with Gasteiger partial charge in [0.05, 0.1) is 13.2 Å². The summed E-state index contributed by atoms with van der Waals surface area (Å²) in [6.45, 7) is 3.69.